The topological polar surface area (TPSA) is 97.0 Å². The predicted molar refractivity (Wildman–Crippen MR) is 119 cm³/mol. The van der Waals surface area contributed by atoms with Crippen molar-refractivity contribution in [1.29, 1.82) is 0 Å². The van der Waals surface area contributed by atoms with Crippen molar-refractivity contribution in [3.8, 4) is 5.75 Å². The lowest BCUT2D eigenvalue weighted by atomic mass is 10.1. The van der Waals surface area contributed by atoms with E-state index >= 15 is 0 Å². The van der Waals surface area contributed by atoms with Crippen molar-refractivity contribution >= 4 is 51.0 Å². The van der Waals surface area contributed by atoms with E-state index in [1.54, 1.807) is 23.1 Å². The first-order valence-corrected chi connectivity index (χ1v) is 10.9. The van der Waals surface area contributed by atoms with Crippen LogP contribution >= 0.6 is 28.1 Å². The summed E-state index contributed by atoms with van der Waals surface area (Å²) < 4.78 is 11.4. The van der Waals surface area contributed by atoms with Gasteiger partial charge < -0.3 is 19.7 Å². The Balaban J connectivity index is 2.06. The number of esters is 1. The highest BCUT2D eigenvalue weighted by molar-refractivity contribution is 9.10. The minimum Gasteiger partial charge on any atom is -0.490 e. The Kier molecular flexibility index (Phi) is 9.04. The fraction of sp³-hybridized carbons (Fsp3) is 0.500. The van der Waals surface area contributed by atoms with Gasteiger partial charge in [-0.2, -0.15) is 0 Å². The first-order chi connectivity index (χ1) is 14.2. The molecule has 1 aromatic carbocycles. The highest BCUT2D eigenvalue weighted by Gasteiger charge is 2.34. The molecule has 0 aliphatic carbocycles. The maximum atomic E-state index is 12.7. The summed E-state index contributed by atoms with van der Waals surface area (Å²) in [7, 11) is 0. The van der Waals surface area contributed by atoms with E-state index in [-0.39, 0.29) is 23.5 Å². The number of ether oxygens (including phenoxy) is 2. The van der Waals surface area contributed by atoms with Crippen LogP contribution < -0.4 is 15.4 Å². The Morgan fingerprint density at radius 1 is 1.40 bits per heavy atom. The molecule has 30 heavy (non-hydrogen) atoms. The van der Waals surface area contributed by atoms with E-state index in [1.807, 2.05) is 20.8 Å². The van der Waals surface area contributed by atoms with Crippen molar-refractivity contribution in [2.45, 2.75) is 45.8 Å². The second kappa shape index (κ2) is 11.3. The first kappa shape index (κ1) is 24.1. The lowest BCUT2D eigenvalue weighted by Crippen LogP contribution is -2.60. The summed E-state index contributed by atoms with van der Waals surface area (Å²) in [5.74, 6) is -0.607. The van der Waals surface area contributed by atoms with Crippen molar-refractivity contribution < 1.29 is 23.9 Å². The molecule has 0 spiro atoms. The van der Waals surface area contributed by atoms with Gasteiger partial charge in [-0.3, -0.25) is 19.7 Å². The third-order valence-electron chi connectivity index (χ3n) is 4.20. The standard InChI is InChI=1S/C20H26BrN3O5S/c1-4-9-28-17(25)11-15-19(27)22-7-8-24(15)20(30)23-18(26)13-5-6-16(14(21)10-13)29-12(2)3/h5-6,10,12,15H,4,7-9,11H2,1-3H3,(H,22,27)(H,23,26,30). The highest BCUT2D eigenvalue weighted by Crippen LogP contribution is 2.27. The van der Waals surface area contributed by atoms with Crippen LogP contribution in [0.5, 0.6) is 5.75 Å². The number of nitrogens with zero attached hydrogens (tertiary/aromatic N) is 1. The summed E-state index contributed by atoms with van der Waals surface area (Å²) in [6.45, 7) is 6.74. The Hall–Kier alpha value is -2.20. The largest absolute Gasteiger partial charge is 0.490 e. The smallest absolute Gasteiger partial charge is 0.308 e. The van der Waals surface area contributed by atoms with Crippen LogP contribution in [0.3, 0.4) is 0 Å². The summed E-state index contributed by atoms with van der Waals surface area (Å²) in [5, 5.41) is 5.44. The number of nitrogens with one attached hydrogen (secondary N) is 2. The lowest BCUT2D eigenvalue weighted by Gasteiger charge is -2.36. The zero-order valence-corrected chi connectivity index (χ0v) is 19.6. The number of piperazine rings is 1. The summed E-state index contributed by atoms with van der Waals surface area (Å²) in [5.41, 5.74) is 0.376. The second-order valence-electron chi connectivity index (χ2n) is 7.00. The van der Waals surface area contributed by atoms with E-state index in [4.69, 9.17) is 21.7 Å². The second-order valence-corrected chi connectivity index (χ2v) is 8.24. The summed E-state index contributed by atoms with van der Waals surface area (Å²) in [4.78, 5) is 38.5. The van der Waals surface area contributed by atoms with E-state index in [2.05, 4.69) is 26.6 Å². The van der Waals surface area contributed by atoms with Crippen LogP contribution in [0.15, 0.2) is 22.7 Å². The number of thiocarbonyl (C=S) groups is 1. The number of benzene rings is 1. The number of carbonyl (C=O) groups is 3. The van der Waals surface area contributed by atoms with Gasteiger partial charge in [-0.05, 0) is 66.6 Å². The van der Waals surface area contributed by atoms with Crippen molar-refractivity contribution in [2.75, 3.05) is 19.7 Å². The Bertz CT molecular complexity index is 818. The molecular formula is C20H26BrN3O5S. The van der Waals surface area contributed by atoms with E-state index in [1.165, 1.54) is 0 Å². The Labute approximate surface area is 189 Å². The maximum Gasteiger partial charge on any atom is 0.308 e. The van der Waals surface area contributed by atoms with Crippen LogP contribution in [0.2, 0.25) is 0 Å². The molecule has 2 N–H and O–H groups in total. The minimum absolute atomic E-state index is 0.000230. The van der Waals surface area contributed by atoms with Gasteiger partial charge in [0, 0.05) is 18.7 Å². The summed E-state index contributed by atoms with van der Waals surface area (Å²) in [6.07, 6.45) is 0.547. The number of carbonyl (C=O) groups excluding carboxylic acids is 3. The number of rotatable bonds is 7. The third-order valence-corrected chi connectivity index (χ3v) is 5.15. The molecule has 1 aliphatic rings. The van der Waals surface area contributed by atoms with Crippen LogP contribution in [0.25, 0.3) is 0 Å². The quantitative estimate of drug-likeness (QED) is 0.439. The molecule has 0 bridgehead atoms. The molecule has 1 aliphatic heterocycles. The van der Waals surface area contributed by atoms with Crippen molar-refractivity contribution in [3.05, 3.63) is 28.2 Å². The molecule has 2 amide bonds. The van der Waals surface area contributed by atoms with Gasteiger partial charge in [0.1, 0.15) is 11.8 Å². The molecule has 0 saturated carbocycles. The maximum absolute atomic E-state index is 12.7. The third kappa shape index (κ3) is 6.66. The fourth-order valence-corrected chi connectivity index (χ4v) is 3.61. The van der Waals surface area contributed by atoms with E-state index < -0.39 is 17.9 Å². The molecule has 1 unspecified atom stereocenters. The molecule has 1 fully saturated rings. The SMILES string of the molecule is CCCOC(=O)CC1C(=O)NCCN1C(=S)NC(=O)c1ccc(OC(C)C)c(Br)c1. The Morgan fingerprint density at radius 2 is 2.13 bits per heavy atom. The molecule has 1 saturated heterocycles. The monoisotopic (exact) mass is 499 g/mol. The number of amides is 2. The number of hydrogen-bond acceptors (Lipinski definition) is 6. The van der Waals surface area contributed by atoms with Crippen LogP contribution in [-0.4, -0.2) is 59.6 Å². The van der Waals surface area contributed by atoms with Gasteiger partial charge in [-0.25, -0.2) is 0 Å². The predicted octanol–water partition coefficient (Wildman–Crippen LogP) is 2.39. The molecule has 10 heteroatoms. The van der Waals surface area contributed by atoms with Crippen LogP contribution in [0, 0.1) is 0 Å². The minimum atomic E-state index is -0.829. The molecular weight excluding hydrogens is 474 g/mol. The van der Waals surface area contributed by atoms with Crippen LogP contribution in [-0.2, 0) is 14.3 Å². The average molecular weight is 500 g/mol. The molecule has 1 atom stereocenters. The molecule has 1 aromatic rings. The van der Waals surface area contributed by atoms with Gasteiger partial charge in [0.2, 0.25) is 5.91 Å². The fourth-order valence-electron chi connectivity index (χ4n) is 2.83. The molecule has 164 valence electrons. The summed E-state index contributed by atoms with van der Waals surface area (Å²) in [6, 6.07) is 4.13. The number of hydrogen-bond donors (Lipinski definition) is 2. The zero-order valence-electron chi connectivity index (χ0n) is 17.2. The Morgan fingerprint density at radius 3 is 2.77 bits per heavy atom. The van der Waals surface area contributed by atoms with Crippen molar-refractivity contribution in [2.24, 2.45) is 0 Å². The van der Waals surface area contributed by atoms with Crippen LogP contribution in [0.4, 0.5) is 0 Å². The van der Waals surface area contributed by atoms with Gasteiger partial charge in [-0.15, -0.1) is 0 Å². The lowest BCUT2D eigenvalue weighted by molar-refractivity contribution is -0.147. The molecule has 0 aromatic heterocycles. The van der Waals surface area contributed by atoms with Crippen molar-refractivity contribution in [1.82, 2.24) is 15.5 Å². The first-order valence-electron chi connectivity index (χ1n) is 9.74. The summed E-state index contributed by atoms with van der Waals surface area (Å²) >= 11 is 8.76. The van der Waals surface area contributed by atoms with Gasteiger partial charge >= 0.3 is 5.97 Å². The number of halogens is 1. The highest BCUT2D eigenvalue weighted by atomic mass is 79.9. The van der Waals surface area contributed by atoms with Gasteiger partial charge in [0.05, 0.1) is 23.6 Å². The van der Waals surface area contributed by atoms with E-state index in [9.17, 15) is 14.4 Å². The van der Waals surface area contributed by atoms with Crippen LogP contribution in [0.1, 0.15) is 44.0 Å². The zero-order chi connectivity index (χ0) is 22.3. The van der Waals surface area contributed by atoms with Gasteiger partial charge in [-0.1, -0.05) is 6.92 Å². The molecule has 1 heterocycles. The molecule has 0 radical (unpaired) electrons. The van der Waals surface area contributed by atoms with E-state index in [0.29, 0.717) is 41.9 Å². The van der Waals surface area contributed by atoms with Crippen molar-refractivity contribution in [3.63, 3.8) is 0 Å². The van der Waals surface area contributed by atoms with Gasteiger partial charge in [0.15, 0.2) is 5.11 Å². The molecule has 2 rings (SSSR count). The normalized spacial score (nSPS) is 16.1. The van der Waals surface area contributed by atoms with E-state index in [0.717, 1.165) is 0 Å². The van der Waals surface area contributed by atoms with Gasteiger partial charge in [0.25, 0.3) is 5.91 Å². The molecule has 8 nitrogen and oxygen atoms in total. The average Bonchev–Trinajstić information content (AvgIpc) is 2.69.